The Labute approximate surface area is 97.3 Å². The number of fused-ring (bicyclic) bond motifs is 1. The van der Waals surface area contributed by atoms with E-state index in [0.29, 0.717) is 11.7 Å². The average molecular weight is 232 g/mol. The largest absolute Gasteiger partial charge is 0.476 e. The Hall–Kier alpha value is -2.11. The third kappa shape index (κ3) is 1.82. The molecule has 0 radical (unpaired) electrons. The van der Waals surface area contributed by atoms with Crippen LogP contribution < -0.4 is 5.32 Å². The number of hydrogen-bond acceptors (Lipinski definition) is 4. The van der Waals surface area contributed by atoms with Gasteiger partial charge in [0.15, 0.2) is 11.3 Å². The fourth-order valence-corrected chi connectivity index (χ4v) is 1.82. The molecule has 0 saturated heterocycles. The van der Waals surface area contributed by atoms with Gasteiger partial charge in [-0.15, -0.1) is 5.10 Å². The SMILES string of the molecule is O=C(O)c1cn2nc(NC3CCC3)ccc2n1. The normalized spacial score (nSPS) is 15.8. The third-order valence-corrected chi connectivity index (χ3v) is 3.00. The van der Waals surface area contributed by atoms with Crippen molar-refractivity contribution in [1.29, 1.82) is 0 Å². The second-order valence-electron chi connectivity index (χ2n) is 4.22. The highest BCUT2D eigenvalue weighted by atomic mass is 16.4. The highest BCUT2D eigenvalue weighted by Crippen LogP contribution is 2.22. The molecule has 0 aromatic carbocycles. The van der Waals surface area contributed by atoms with Crippen molar-refractivity contribution in [1.82, 2.24) is 14.6 Å². The lowest BCUT2D eigenvalue weighted by Gasteiger charge is -2.26. The van der Waals surface area contributed by atoms with Crippen LogP contribution in [0.2, 0.25) is 0 Å². The van der Waals surface area contributed by atoms with Crippen molar-refractivity contribution in [3.63, 3.8) is 0 Å². The minimum Gasteiger partial charge on any atom is -0.476 e. The molecular weight excluding hydrogens is 220 g/mol. The predicted molar refractivity (Wildman–Crippen MR) is 61.2 cm³/mol. The van der Waals surface area contributed by atoms with E-state index in [1.807, 2.05) is 6.07 Å². The van der Waals surface area contributed by atoms with Crippen LogP contribution in [0.3, 0.4) is 0 Å². The van der Waals surface area contributed by atoms with Crippen molar-refractivity contribution < 1.29 is 9.90 Å². The van der Waals surface area contributed by atoms with Gasteiger partial charge >= 0.3 is 5.97 Å². The molecule has 17 heavy (non-hydrogen) atoms. The monoisotopic (exact) mass is 232 g/mol. The lowest BCUT2D eigenvalue weighted by atomic mass is 9.93. The second kappa shape index (κ2) is 3.73. The maximum Gasteiger partial charge on any atom is 0.356 e. The Morgan fingerprint density at radius 3 is 2.94 bits per heavy atom. The Morgan fingerprint density at radius 2 is 2.29 bits per heavy atom. The molecule has 0 amide bonds. The summed E-state index contributed by atoms with van der Waals surface area (Å²) in [5, 5.41) is 16.4. The molecule has 88 valence electrons. The molecule has 0 bridgehead atoms. The Kier molecular flexibility index (Phi) is 2.21. The minimum atomic E-state index is -1.04. The quantitative estimate of drug-likeness (QED) is 0.836. The van der Waals surface area contributed by atoms with Crippen LogP contribution in [0.5, 0.6) is 0 Å². The molecule has 1 aliphatic carbocycles. The van der Waals surface area contributed by atoms with Gasteiger partial charge in [0.25, 0.3) is 0 Å². The van der Waals surface area contributed by atoms with Crippen molar-refractivity contribution in [3.8, 4) is 0 Å². The van der Waals surface area contributed by atoms with E-state index in [4.69, 9.17) is 5.11 Å². The summed E-state index contributed by atoms with van der Waals surface area (Å²) in [6, 6.07) is 4.09. The Balaban J connectivity index is 1.91. The summed E-state index contributed by atoms with van der Waals surface area (Å²) in [4.78, 5) is 14.7. The molecule has 1 aliphatic rings. The summed E-state index contributed by atoms with van der Waals surface area (Å²) in [7, 11) is 0. The van der Waals surface area contributed by atoms with E-state index in [2.05, 4.69) is 15.4 Å². The number of imidazole rings is 1. The van der Waals surface area contributed by atoms with Crippen LogP contribution in [0, 0.1) is 0 Å². The van der Waals surface area contributed by atoms with Gasteiger partial charge in [0.2, 0.25) is 0 Å². The number of carboxylic acids is 1. The second-order valence-corrected chi connectivity index (χ2v) is 4.22. The standard InChI is InChI=1S/C11H12N4O2/c16-11(17)8-6-15-10(13-8)5-4-9(14-15)12-7-2-1-3-7/h4-7H,1-3H2,(H,12,14)(H,16,17). The minimum absolute atomic E-state index is 0.0123. The number of anilines is 1. The van der Waals surface area contributed by atoms with E-state index >= 15 is 0 Å². The van der Waals surface area contributed by atoms with Crippen LogP contribution in [0.4, 0.5) is 5.82 Å². The van der Waals surface area contributed by atoms with Gasteiger partial charge in [0.05, 0.1) is 6.20 Å². The smallest absolute Gasteiger partial charge is 0.356 e. The molecule has 0 aliphatic heterocycles. The molecule has 0 unspecified atom stereocenters. The fourth-order valence-electron chi connectivity index (χ4n) is 1.82. The number of aromatic nitrogens is 3. The van der Waals surface area contributed by atoms with Crippen molar-refractivity contribution in [3.05, 3.63) is 24.0 Å². The first-order chi connectivity index (χ1) is 8.22. The van der Waals surface area contributed by atoms with Crippen molar-refractivity contribution >= 4 is 17.4 Å². The summed E-state index contributed by atoms with van der Waals surface area (Å²) >= 11 is 0. The van der Waals surface area contributed by atoms with Gasteiger partial charge in [-0.2, -0.15) is 0 Å². The molecular formula is C11H12N4O2. The number of hydrogen-bond donors (Lipinski definition) is 2. The van der Waals surface area contributed by atoms with Gasteiger partial charge < -0.3 is 10.4 Å². The van der Waals surface area contributed by atoms with Crippen LogP contribution in [0.25, 0.3) is 5.65 Å². The molecule has 2 aromatic rings. The molecule has 0 spiro atoms. The van der Waals surface area contributed by atoms with Gasteiger partial charge in [-0.25, -0.2) is 14.3 Å². The first-order valence-electron chi connectivity index (χ1n) is 5.58. The van der Waals surface area contributed by atoms with Crippen molar-refractivity contribution in [2.45, 2.75) is 25.3 Å². The number of nitrogens with one attached hydrogen (secondary N) is 1. The fraction of sp³-hybridized carbons (Fsp3) is 0.364. The van der Waals surface area contributed by atoms with Gasteiger partial charge in [-0.3, -0.25) is 0 Å². The lowest BCUT2D eigenvalue weighted by molar-refractivity contribution is 0.0691. The summed E-state index contributed by atoms with van der Waals surface area (Å²) < 4.78 is 1.49. The zero-order valence-corrected chi connectivity index (χ0v) is 9.13. The first-order valence-corrected chi connectivity index (χ1v) is 5.58. The van der Waals surface area contributed by atoms with E-state index in [0.717, 1.165) is 5.82 Å². The molecule has 1 fully saturated rings. The van der Waals surface area contributed by atoms with Crippen LogP contribution in [-0.4, -0.2) is 31.7 Å². The van der Waals surface area contributed by atoms with Crippen molar-refractivity contribution in [2.24, 2.45) is 0 Å². The summed E-state index contributed by atoms with van der Waals surface area (Å²) in [6.45, 7) is 0. The first kappa shape index (κ1) is 10.1. The summed E-state index contributed by atoms with van der Waals surface area (Å²) in [5.74, 6) is -0.277. The number of nitrogens with zero attached hydrogens (tertiary/aromatic N) is 3. The van der Waals surface area contributed by atoms with E-state index in [1.54, 1.807) is 6.07 Å². The summed E-state index contributed by atoms with van der Waals surface area (Å²) in [5.41, 5.74) is 0.555. The van der Waals surface area contributed by atoms with E-state index in [9.17, 15) is 4.79 Å². The summed E-state index contributed by atoms with van der Waals surface area (Å²) in [6.07, 6.45) is 5.02. The maximum atomic E-state index is 10.8. The van der Waals surface area contributed by atoms with Gasteiger partial charge in [-0.1, -0.05) is 0 Å². The van der Waals surface area contributed by atoms with Crippen molar-refractivity contribution in [2.75, 3.05) is 5.32 Å². The molecule has 6 nitrogen and oxygen atoms in total. The van der Waals surface area contributed by atoms with Gasteiger partial charge in [-0.05, 0) is 31.4 Å². The zero-order chi connectivity index (χ0) is 11.8. The zero-order valence-electron chi connectivity index (χ0n) is 9.13. The van der Waals surface area contributed by atoms with E-state index < -0.39 is 5.97 Å². The van der Waals surface area contributed by atoms with Crippen LogP contribution in [0.1, 0.15) is 29.8 Å². The third-order valence-electron chi connectivity index (χ3n) is 3.00. The molecule has 2 aromatic heterocycles. The topological polar surface area (TPSA) is 79.5 Å². The molecule has 3 rings (SSSR count). The van der Waals surface area contributed by atoms with Gasteiger partial charge in [0, 0.05) is 6.04 Å². The molecule has 1 saturated carbocycles. The highest BCUT2D eigenvalue weighted by Gasteiger charge is 2.17. The molecule has 6 heteroatoms. The maximum absolute atomic E-state index is 10.8. The molecule has 2 N–H and O–H groups in total. The van der Waals surface area contributed by atoms with Crippen LogP contribution in [-0.2, 0) is 0 Å². The lowest BCUT2D eigenvalue weighted by Crippen LogP contribution is -2.27. The molecule has 0 atom stereocenters. The predicted octanol–water partition coefficient (Wildman–Crippen LogP) is 1.39. The van der Waals surface area contributed by atoms with Gasteiger partial charge in [0.1, 0.15) is 5.82 Å². The number of carboxylic acid groups (broad SMARTS) is 1. The highest BCUT2D eigenvalue weighted by molar-refractivity contribution is 5.86. The average Bonchev–Trinajstić information content (AvgIpc) is 2.66. The van der Waals surface area contributed by atoms with E-state index in [-0.39, 0.29) is 5.69 Å². The number of aromatic carboxylic acids is 1. The van der Waals surface area contributed by atoms with Crippen LogP contribution in [0.15, 0.2) is 18.3 Å². The molecule has 2 heterocycles. The Bertz CT molecular complexity index is 574. The number of rotatable bonds is 3. The van der Waals surface area contributed by atoms with Crippen LogP contribution >= 0.6 is 0 Å². The Morgan fingerprint density at radius 1 is 1.47 bits per heavy atom. The number of carbonyl (C=O) groups is 1. The van der Waals surface area contributed by atoms with E-state index in [1.165, 1.54) is 30.0 Å².